The van der Waals surface area contributed by atoms with Crippen LogP contribution in [-0.4, -0.2) is 25.5 Å². The van der Waals surface area contributed by atoms with Gasteiger partial charge in [-0.15, -0.1) is 0 Å². The number of benzene rings is 1. The van der Waals surface area contributed by atoms with Gasteiger partial charge in [-0.05, 0) is 24.6 Å². The number of carboxylic acid groups (broad SMARTS) is 1. The van der Waals surface area contributed by atoms with Crippen LogP contribution < -0.4 is 4.72 Å². The number of carboxylic acids is 1. The van der Waals surface area contributed by atoms with E-state index in [1.807, 2.05) is 4.72 Å². The zero-order valence-electron chi connectivity index (χ0n) is 9.92. The third-order valence-electron chi connectivity index (χ3n) is 2.35. The molecule has 102 valence electrons. The Labute approximate surface area is 115 Å². The van der Waals surface area contributed by atoms with Gasteiger partial charge in [-0.2, -0.15) is 9.98 Å². The molecule has 0 spiro atoms. The van der Waals surface area contributed by atoms with Crippen LogP contribution in [0.4, 0.5) is 0 Å². The molecule has 0 aliphatic carbocycles. The predicted molar refractivity (Wildman–Crippen MR) is 68.2 cm³/mol. The topological polar surface area (TPSA) is 107 Å². The molecule has 0 aliphatic rings. The lowest BCUT2D eigenvalue weighted by Crippen LogP contribution is -2.40. The van der Waals surface area contributed by atoms with Crippen molar-refractivity contribution in [2.24, 2.45) is 0 Å². The van der Waals surface area contributed by atoms with Crippen LogP contribution in [0.2, 0.25) is 5.02 Å². The van der Waals surface area contributed by atoms with Gasteiger partial charge in [0.1, 0.15) is 10.9 Å². The molecule has 2 N–H and O–H groups in total. The Kier molecular flexibility index (Phi) is 4.89. The van der Waals surface area contributed by atoms with Crippen LogP contribution in [0.15, 0.2) is 23.1 Å². The molecule has 0 aromatic heterocycles. The van der Waals surface area contributed by atoms with Crippen LogP contribution >= 0.6 is 11.6 Å². The summed E-state index contributed by atoms with van der Waals surface area (Å²) in [4.78, 5) is 10.5. The van der Waals surface area contributed by atoms with E-state index in [2.05, 4.69) is 0 Å². The highest BCUT2D eigenvalue weighted by atomic mass is 35.5. The molecule has 0 fully saturated rings. The first-order valence-electron chi connectivity index (χ1n) is 5.26. The SMILES string of the molecule is CCC(NS(=O)(=O)c1cc(C#N)ccc1Cl)C(=O)O. The Morgan fingerprint density at radius 2 is 2.21 bits per heavy atom. The first-order chi connectivity index (χ1) is 8.81. The highest BCUT2D eigenvalue weighted by Gasteiger charge is 2.25. The second-order valence-corrected chi connectivity index (χ2v) is 5.77. The van der Waals surface area contributed by atoms with Crippen LogP contribution in [0, 0.1) is 11.3 Å². The monoisotopic (exact) mass is 302 g/mol. The summed E-state index contributed by atoms with van der Waals surface area (Å²) in [6.07, 6.45) is 0.0874. The summed E-state index contributed by atoms with van der Waals surface area (Å²) in [7, 11) is -4.09. The van der Waals surface area contributed by atoms with Crippen molar-refractivity contribution in [1.29, 1.82) is 5.26 Å². The highest BCUT2D eigenvalue weighted by Crippen LogP contribution is 2.22. The fourth-order valence-corrected chi connectivity index (χ4v) is 3.14. The standard InChI is InChI=1S/C11H11ClN2O4S/c1-2-9(11(15)16)14-19(17,18)10-5-7(6-13)3-4-8(10)12/h3-5,9,14H,2H2,1H3,(H,15,16). The van der Waals surface area contributed by atoms with E-state index >= 15 is 0 Å². The zero-order chi connectivity index (χ0) is 14.6. The van der Waals surface area contributed by atoms with Crippen LogP contribution in [0.25, 0.3) is 0 Å². The van der Waals surface area contributed by atoms with Crippen LogP contribution in [0.5, 0.6) is 0 Å². The Hall–Kier alpha value is -1.62. The third-order valence-corrected chi connectivity index (χ3v) is 4.31. The Bertz CT molecular complexity index is 637. The highest BCUT2D eigenvalue weighted by molar-refractivity contribution is 7.89. The number of halogens is 1. The van der Waals surface area contributed by atoms with Gasteiger partial charge in [-0.25, -0.2) is 8.42 Å². The average Bonchev–Trinajstić information content (AvgIpc) is 2.36. The minimum Gasteiger partial charge on any atom is -0.480 e. The molecule has 1 aromatic rings. The van der Waals surface area contributed by atoms with Crippen LogP contribution in [-0.2, 0) is 14.8 Å². The van der Waals surface area contributed by atoms with Gasteiger partial charge in [0.05, 0.1) is 16.7 Å². The van der Waals surface area contributed by atoms with E-state index < -0.39 is 22.0 Å². The molecule has 8 heteroatoms. The molecule has 0 amide bonds. The van der Waals surface area contributed by atoms with Gasteiger partial charge in [0.2, 0.25) is 10.0 Å². The fourth-order valence-electron chi connectivity index (χ4n) is 1.34. The number of rotatable bonds is 5. The van der Waals surface area contributed by atoms with E-state index in [0.717, 1.165) is 6.07 Å². The second kappa shape index (κ2) is 6.02. The summed E-state index contributed by atoms with van der Waals surface area (Å²) in [5, 5.41) is 17.5. The fraction of sp³-hybridized carbons (Fsp3) is 0.273. The first kappa shape index (κ1) is 15.4. The molecule has 6 nitrogen and oxygen atoms in total. The lowest BCUT2D eigenvalue weighted by Gasteiger charge is -2.13. The number of hydrogen-bond donors (Lipinski definition) is 2. The summed E-state index contributed by atoms with van der Waals surface area (Å²) in [6.45, 7) is 1.54. The molecule has 1 unspecified atom stereocenters. The number of nitrogens with one attached hydrogen (secondary N) is 1. The Balaban J connectivity index is 3.21. The number of carbonyl (C=O) groups is 1. The van der Waals surface area contributed by atoms with Crippen molar-refractivity contribution in [3.63, 3.8) is 0 Å². The van der Waals surface area contributed by atoms with Gasteiger partial charge in [0.15, 0.2) is 0 Å². The first-order valence-corrected chi connectivity index (χ1v) is 7.12. The molecule has 0 saturated carbocycles. The summed E-state index contributed by atoms with van der Waals surface area (Å²) < 4.78 is 26.1. The normalized spacial score (nSPS) is 12.7. The smallest absolute Gasteiger partial charge is 0.321 e. The predicted octanol–water partition coefficient (Wildman–Crippen LogP) is 1.35. The molecule has 1 rings (SSSR count). The lowest BCUT2D eigenvalue weighted by molar-refractivity contribution is -0.139. The van der Waals surface area contributed by atoms with Crippen molar-refractivity contribution >= 4 is 27.6 Å². The van der Waals surface area contributed by atoms with Crippen molar-refractivity contribution in [3.8, 4) is 6.07 Å². The molecule has 1 atom stereocenters. The second-order valence-electron chi connectivity index (χ2n) is 3.68. The third kappa shape index (κ3) is 3.67. The minimum absolute atomic E-state index is 0.0771. The van der Waals surface area contributed by atoms with E-state index in [9.17, 15) is 13.2 Å². The quantitative estimate of drug-likeness (QED) is 0.853. The molecule has 0 aliphatic heterocycles. The van der Waals surface area contributed by atoms with Crippen LogP contribution in [0.3, 0.4) is 0 Å². The van der Waals surface area contributed by atoms with E-state index in [0.29, 0.717) is 0 Å². The molecule has 19 heavy (non-hydrogen) atoms. The van der Waals surface area contributed by atoms with Crippen molar-refractivity contribution in [1.82, 2.24) is 4.72 Å². The van der Waals surface area contributed by atoms with Gasteiger partial charge in [0, 0.05) is 0 Å². The lowest BCUT2D eigenvalue weighted by atomic mass is 10.2. The molecule has 0 saturated heterocycles. The van der Waals surface area contributed by atoms with Crippen molar-refractivity contribution < 1.29 is 18.3 Å². The Morgan fingerprint density at radius 3 is 2.68 bits per heavy atom. The average molecular weight is 303 g/mol. The van der Waals surface area contributed by atoms with E-state index in [1.54, 1.807) is 6.07 Å². The molecular formula is C11H11ClN2O4S. The van der Waals surface area contributed by atoms with Crippen molar-refractivity contribution in [2.75, 3.05) is 0 Å². The number of aliphatic carboxylic acids is 1. The van der Waals surface area contributed by atoms with E-state index in [-0.39, 0.29) is 21.9 Å². The van der Waals surface area contributed by atoms with Gasteiger partial charge in [-0.1, -0.05) is 18.5 Å². The Morgan fingerprint density at radius 1 is 1.58 bits per heavy atom. The number of nitrogens with zero attached hydrogens (tertiary/aromatic N) is 1. The van der Waals surface area contributed by atoms with Crippen LogP contribution in [0.1, 0.15) is 18.9 Å². The molecule has 0 heterocycles. The summed E-state index contributed by atoms with van der Waals surface area (Å²) in [6, 6.07) is 4.29. The largest absolute Gasteiger partial charge is 0.480 e. The zero-order valence-corrected chi connectivity index (χ0v) is 11.5. The molecule has 1 aromatic carbocycles. The summed E-state index contributed by atoms with van der Waals surface area (Å²) in [5.74, 6) is -1.28. The summed E-state index contributed by atoms with van der Waals surface area (Å²) >= 11 is 5.77. The van der Waals surface area contributed by atoms with E-state index in [4.69, 9.17) is 22.0 Å². The number of hydrogen-bond acceptors (Lipinski definition) is 4. The molecule has 0 bridgehead atoms. The van der Waals surface area contributed by atoms with Crippen molar-refractivity contribution in [3.05, 3.63) is 28.8 Å². The minimum atomic E-state index is -4.09. The maximum atomic E-state index is 12.0. The van der Waals surface area contributed by atoms with Gasteiger partial charge in [0.25, 0.3) is 0 Å². The molecular weight excluding hydrogens is 292 g/mol. The van der Waals surface area contributed by atoms with E-state index in [1.165, 1.54) is 19.1 Å². The van der Waals surface area contributed by atoms with Crippen molar-refractivity contribution in [2.45, 2.75) is 24.3 Å². The number of nitriles is 1. The molecule has 0 radical (unpaired) electrons. The number of sulfonamides is 1. The maximum absolute atomic E-state index is 12.0. The van der Waals surface area contributed by atoms with Gasteiger partial charge >= 0.3 is 5.97 Å². The maximum Gasteiger partial charge on any atom is 0.321 e. The van der Waals surface area contributed by atoms with Gasteiger partial charge in [-0.3, -0.25) is 4.79 Å². The van der Waals surface area contributed by atoms with Gasteiger partial charge < -0.3 is 5.11 Å². The summed E-state index contributed by atoms with van der Waals surface area (Å²) in [5.41, 5.74) is 0.119.